The SMILES string of the molecule is CCNC(CC)c1ccc(N(C)C2CCOCC2)cn1. The van der Waals surface area contributed by atoms with Gasteiger partial charge in [0.15, 0.2) is 0 Å². The molecule has 1 aromatic heterocycles. The third kappa shape index (κ3) is 3.70. The Morgan fingerprint density at radius 2 is 2.10 bits per heavy atom. The molecule has 4 heteroatoms. The Morgan fingerprint density at radius 3 is 2.65 bits per heavy atom. The van der Waals surface area contributed by atoms with Gasteiger partial charge < -0.3 is 15.0 Å². The maximum Gasteiger partial charge on any atom is 0.0574 e. The van der Waals surface area contributed by atoms with Gasteiger partial charge >= 0.3 is 0 Å². The molecule has 1 aliphatic heterocycles. The molecule has 0 aliphatic carbocycles. The number of ether oxygens (including phenoxy) is 1. The van der Waals surface area contributed by atoms with E-state index >= 15 is 0 Å². The van der Waals surface area contributed by atoms with E-state index < -0.39 is 0 Å². The zero-order valence-electron chi connectivity index (χ0n) is 12.9. The molecule has 1 unspecified atom stereocenters. The third-order valence-electron chi connectivity index (χ3n) is 4.13. The van der Waals surface area contributed by atoms with Crippen molar-refractivity contribution in [2.24, 2.45) is 0 Å². The van der Waals surface area contributed by atoms with Gasteiger partial charge in [0.05, 0.1) is 17.6 Å². The number of nitrogens with zero attached hydrogens (tertiary/aromatic N) is 2. The summed E-state index contributed by atoms with van der Waals surface area (Å²) >= 11 is 0. The van der Waals surface area contributed by atoms with E-state index in [0.717, 1.165) is 44.7 Å². The Labute approximate surface area is 122 Å². The molecule has 20 heavy (non-hydrogen) atoms. The summed E-state index contributed by atoms with van der Waals surface area (Å²) in [7, 11) is 2.16. The van der Waals surface area contributed by atoms with Crippen LogP contribution in [-0.2, 0) is 4.74 Å². The van der Waals surface area contributed by atoms with E-state index in [1.807, 2.05) is 6.20 Å². The van der Waals surface area contributed by atoms with E-state index in [9.17, 15) is 0 Å². The van der Waals surface area contributed by atoms with Crippen molar-refractivity contribution in [3.05, 3.63) is 24.0 Å². The molecular weight excluding hydrogens is 250 g/mol. The summed E-state index contributed by atoms with van der Waals surface area (Å²) in [4.78, 5) is 6.99. The Bertz CT molecular complexity index is 387. The fourth-order valence-electron chi connectivity index (χ4n) is 2.80. The number of hydrogen-bond acceptors (Lipinski definition) is 4. The largest absolute Gasteiger partial charge is 0.381 e. The van der Waals surface area contributed by atoms with E-state index in [-0.39, 0.29) is 0 Å². The topological polar surface area (TPSA) is 37.4 Å². The summed E-state index contributed by atoms with van der Waals surface area (Å²) in [5.74, 6) is 0. The maximum absolute atomic E-state index is 5.43. The predicted molar refractivity (Wildman–Crippen MR) is 83.2 cm³/mol. The molecule has 1 saturated heterocycles. The van der Waals surface area contributed by atoms with E-state index in [1.165, 1.54) is 5.69 Å². The second-order valence-corrected chi connectivity index (χ2v) is 5.41. The summed E-state index contributed by atoms with van der Waals surface area (Å²) in [6.07, 6.45) is 5.28. The summed E-state index contributed by atoms with van der Waals surface area (Å²) in [5.41, 5.74) is 2.34. The fourth-order valence-corrected chi connectivity index (χ4v) is 2.80. The first-order valence-corrected chi connectivity index (χ1v) is 7.76. The maximum atomic E-state index is 5.43. The first kappa shape index (κ1) is 15.3. The molecule has 1 N–H and O–H groups in total. The number of hydrogen-bond donors (Lipinski definition) is 1. The van der Waals surface area contributed by atoms with E-state index in [0.29, 0.717) is 12.1 Å². The van der Waals surface area contributed by atoms with Crippen molar-refractivity contribution in [1.29, 1.82) is 0 Å². The summed E-state index contributed by atoms with van der Waals surface area (Å²) in [5, 5.41) is 3.47. The number of aromatic nitrogens is 1. The second-order valence-electron chi connectivity index (χ2n) is 5.41. The van der Waals surface area contributed by atoms with Gasteiger partial charge in [0.25, 0.3) is 0 Å². The monoisotopic (exact) mass is 277 g/mol. The molecular formula is C16H27N3O. The molecule has 2 rings (SSSR count). The van der Waals surface area contributed by atoms with Crippen LogP contribution in [0, 0.1) is 0 Å². The van der Waals surface area contributed by atoms with Crippen molar-refractivity contribution in [2.75, 3.05) is 31.7 Å². The van der Waals surface area contributed by atoms with Gasteiger partial charge in [0, 0.05) is 32.3 Å². The predicted octanol–water partition coefficient (Wildman–Crippen LogP) is 2.76. The Balaban J connectivity index is 2.02. The first-order chi connectivity index (χ1) is 9.76. The van der Waals surface area contributed by atoms with Gasteiger partial charge in [-0.15, -0.1) is 0 Å². The molecule has 0 bridgehead atoms. The number of rotatable bonds is 6. The van der Waals surface area contributed by atoms with Crippen LogP contribution < -0.4 is 10.2 Å². The molecule has 0 radical (unpaired) electrons. The molecule has 1 atom stereocenters. The average molecular weight is 277 g/mol. The second kappa shape index (κ2) is 7.60. The molecule has 1 fully saturated rings. The van der Waals surface area contributed by atoms with Crippen molar-refractivity contribution in [2.45, 2.75) is 45.2 Å². The van der Waals surface area contributed by atoms with Crippen molar-refractivity contribution in [3.63, 3.8) is 0 Å². The molecule has 2 heterocycles. The van der Waals surface area contributed by atoms with Crippen LogP contribution in [-0.4, -0.2) is 37.8 Å². The van der Waals surface area contributed by atoms with Crippen LogP contribution in [0.5, 0.6) is 0 Å². The van der Waals surface area contributed by atoms with Gasteiger partial charge in [0.1, 0.15) is 0 Å². The van der Waals surface area contributed by atoms with Gasteiger partial charge in [-0.2, -0.15) is 0 Å². The van der Waals surface area contributed by atoms with Gasteiger partial charge in [-0.25, -0.2) is 0 Å². The van der Waals surface area contributed by atoms with Gasteiger partial charge in [-0.1, -0.05) is 13.8 Å². The summed E-state index contributed by atoms with van der Waals surface area (Å²) in [6.45, 7) is 7.05. The van der Waals surface area contributed by atoms with Gasteiger partial charge in [-0.05, 0) is 37.9 Å². The molecule has 1 aromatic rings. The number of nitrogens with one attached hydrogen (secondary N) is 1. The Morgan fingerprint density at radius 1 is 1.35 bits per heavy atom. The van der Waals surface area contributed by atoms with Crippen LogP contribution in [0.15, 0.2) is 18.3 Å². The minimum Gasteiger partial charge on any atom is -0.381 e. The quantitative estimate of drug-likeness (QED) is 0.867. The van der Waals surface area contributed by atoms with E-state index in [1.54, 1.807) is 0 Å². The number of anilines is 1. The van der Waals surface area contributed by atoms with Crippen molar-refractivity contribution in [1.82, 2.24) is 10.3 Å². The normalized spacial score (nSPS) is 17.9. The lowest BCUT2D eigenvalue weighted by Crippen LogP contribution is -2.36. The van der Waals surface area contributed by atoms with Crippen LogP contribution in [0.25, 0.3) is 0 Å². The van der Waals surface area contributed by atoms with Crippen molar-refractivity contribution in [3.8, 4) is 0 Å². The zero-order valence-corrected chi connectivity index (χ0v) is 12.9. The highest BCUT2D eigenvalue weighted by molar-refractivity contribution is 5.45. The summed E-state index contributed by atoms with van der Waals surface area (Å²) in [6, 6.07) is 5.29. The van der Waals surface area contributed by atoms with Crippen LogP contribution in [0.2, 0.25) is 0 Å². The molecule has 112 valence electrons. The van der Waals surface area contributed by atoms with Crippen LogP contribution >= 0.6 is 0 Å². The molecule has 0 aromatic carbocycles. The standard InChI is InChI=1S/C16H27N3O/c1-4-15(17-5-2)16-7-6-14(12-18-16)19(3)13-8-10-20-11-9-13/h6-7,12-13,15,17H,4-5,8-11H2,1-3H3. The van der Waals surface area contributed by atoms with E-state index in [2.05, 4.69) is 48.2 Å². The lowest BCUT2D eigenvalue weighted by molar-refractivity contribution is 0.0855. The minimum atomic E-state index is 0.363. The zero-order chi connectivity index (χ0) is 14.4. The Hall–Kier alpha value is -1.13. The van der Waals surface area contributed by atoms with Crippen molar-refractivity contribution < 1.29 is 4.74 Å². The van der Waals surface area contributed by atoms with Crippen LogP contribution in [0.4, 0.5) is 5.69 Å². The fraction of sp³-hybridized carbons (Fsp3) is 0.688. The Kier molecular flexibility index (Phi) is 5.80. The number of pyridine rings is 1. The highest BCUT2D eigenvalue weighted by atomic mass is 16.5. The first-order valence-electron chi connectivity index (χ1n) is 7.76. The highest BCUT2D eigenvalue weighted by Gasteiger charge is 2.19. The molecule has 4 nitrogen and oxygen atoms in total. The molecule has 0 spiro atoms. The highest BCUT2D eigenvalue weighted by Crippen LogP contribution is 2.22. The molecule has 0 saturated carbocycles. The van der Waals surface area contributed by atoms with Crippen LogP contribution in [0.1, 0.15) is 44.8 Å². The summed E-state index contributed by atoms with van der Waals surface area (Å²) < 4.78 is 5.43. The molecule has 1 aliphatic rings. The average Bonchev–Trinajstić information content (AvgIpc) is 2.53. The molecule has 0 amide bonds. The third-order valence-corrected chi connectivity index (χ3v) is 4.13. The van der Waals surface area contributed by atoms with E-state index in [4.69, 9.17) is 4.74 Å². The van der Waals surface area contributed by atoms with Gasteiger partial charge in [0.2, 0.25) is 0 Å². The smallest absolute Gasteiger partial charge is 0.0574 e. The minimum absolute atomic E-state index is 0.363. The van der Waals surface area contributed by atoms with Crippen molar-refractivity contribution >= 4 is 5.69 Å². The lowest BCUT2D eigenvalue weighted by Gasteiger charge is -2.32. The van der Waals surface area contributed by atoms with Crippen LogP contribution in [0.3, 0.4) is 0 Å². The van der Waals surface area contributed by atoms with Gasteiger partial charge in [-0.3, -0.25) is 4.98 Å². The lowest BCUT2D eigenvalue weighted by atomic mass is 10.1.